The summed E-state index contributed by atoms with van der Waals surface area (Å²) in [5.74, 6) is 0.927. The molecule has 1 saturated carbocycles. The molecule has 0 bridgehead atoms. The van der Waals surface area contributed by atoms with E-state index < -0.39 is 4.92 Å². The van der Waals surface area contributed by atoms with Crippen LogP contribution in [0.3, 0.4) is 0 Å². The minimum atomic E-state index is -0.509. The maximum atomic E-state index is 12.7. The zero-order chi connectivity index (χ0) is 15.9. The summed E-state index contributed by atoms with van der Waals surface area (Å²) in [4.78, 5) is 24.9. The average molecular weight is 342 g/mol. The summed E-state index contributed by atoms with van der Waals surface area (Å²) in [6.07, 6.45) is 2.05. The monoisotopic (exact) mass is 341 g/mol. The van der Waals surface area contributed by atoms with Crippen LogP contribution in [0.25, 0.3) is 0 Å². The van der Waals surface area contributed by atoms with Crippen LogP contribution in [0.2, 0.25) is 0 Å². The smallest absolute Gasteiger partial charge is 0.270 e. The third kappa shape index (κ3) is 3.11. The van der Waals surface area contributed by atoms with Crippen molar-refractivity contribution in [3.8, 4) is 5.75 Å². The van der Waals surface area contributed by atoms with E-state index >= 15 is 0 Å². The van der Waals surface area contributed by atoms with Crippen molar-refractivity contribution in [1.82, 2.24) is 4.90 Å². The first kappa shape index (κ1) is 17.5. The predicted molar refractivity (Wildman–Crippen MR) is 87.0 cm³/mol. The molecule has 8 heteroatoms. The molecule has 23 heavy (non-hydrogen) atoms. The molecule has 2 N–H and O–H groups in total. The van der Waals surface area contributed by atoms with Crippen molar-refractivity contribution in [2.45, 2.75) is 18.9 Å². The largest absolute Gasteiger partial charge is 0.496 e. The second kappa shape index (κ2) is 6.72. The molecule has 1 aromatic rings. The molecule has 1 saturated heterocycles. The van der Waals surface area contributed by atoms with E-state index in [0.717, 1.165) is 12.8 Å². The van der Waals surface area contributed by atoms with E-state index in [1.54, 1.807) is 4.90 Å². The van der Waals surface area contributed by atoms with Gasteiger partial charge in [-0.15, -0.1) is 12.4 Å². The lowest BCUT2D eigenvalue weighted by atomic mass is 9.98. The second-order valence-corrected chi connectivity index (χ2v) is 6.02. The minimum absolute atomic E-state index is 0. The number of fused-ring (bicyclic) bond motifs is 1. The number of carbonyl (C=O) groups is 1. The zero-order valence-electron chi connectivity index (χ0n) is 12.8. The van der Waals surface area contributed by atoms with E-state index in [-0.39, 0.29) is 35.6 Å². The number of halogens is 1. The Morgan fingerprint density at radius 1 is 1.39 bits per heavy atom. The number of likely N-dealkylation sites (tertiary alicyclic amines) is 1. The Morgan fingerprint density at radius 3 is 2.74 bits per heavy atom. The van der Waals surface area contributed by atoms with Gasteiger partial charge in [0, 0.05) is 31.3 Å². The van der Waals surface area contributed by atoms with Gasteiger partial charge in [0.2, 0.25) is 0 Å². The van der Waals surface area contributed by atoms with Gasteiger partial charge in [0.15, 0.2) is 0 Å². The number of nitrogens with zero attached hydrogens (tertiary/aromatic N) is 2. The van der Waals surface area contributed by atoms with Crippen molar-refractivity contribution in [2.24, 2.45) is 17.6 Å². The highest BCUT2D eigenvalue weighted by Gasteiger charge is 2.43. The number of nitro groups is 1. The molecule has 1 amide bonds. The highest BCUT2D eigenvalue weighted by Crippen LogP contribution is 2.38. The summed E-state index contributed by atoms with van der Waals surface area (Å²) in [6.45, 7) is 1.29. The molecule has 0 aromatic heterocycles. The van der Waals surface area contributed by atoms with Crippen LogP contribution >= 0.6 is 12.4 Å². The van der Waals surface area contributed by atoms with Gasteiger partial charge in [-0.1, -0.05) is 0 Å². The van der Waals surface area contributed by atoms with Crippen molar-refractivity contribution < 1.29 is 14.5 Å². The molecule has 2 aliphatic rings. The minimum Gasteiger partial charge on any atom is -0.496 e. The van der Waals surface area contributed by atoms with Crippen molar-refractivity contribution in [3.05, 3.63) is 33.9 Å². The summed E-state index contributed by atoms with van der Waals surface area (Å²) in [5, 5.41) is 10.9. The molecule has 3 atom stereocenters. The fraction of sp³-hybridized carbons (Fsp3) is 0.533. The van der Waals surface area contributed by atoms with Crippen molar-refractivity contribution >= 4 is 24.0 Å². The molecule has 1 aromatic carbocycles. The summed E-state index contributed by atoms with van der Waals surface area (Å²) < 4.78 is 5.18. The number of nitro benzene ring substituents is 1. The number of rotatable bonds is 3. The number of nitrogens with two attached hydrogens (primary N) is 1. The van der Waals surface area contributed by atoms with E-state index in [1.165, 1.54) is 25.3 Å². The molecule has 126 valence electrons. The fourth-order valence-electron chi connectivity index (χ4n) is 3.62. The van der Waals surface area contributed by atoms with E-state index in [4.69, 9.17) is 10.5 Å². The van der Waals surface area contributed by atoms with Crippen LogP contribution in [0.5, 0.6) is 5.75 Å². The first-order chi connectivity index (χ1) is 10.5. The van der Waals surface area contributed by atoms with Gasteiger partial charge >= 0.3 is 0 Å². The lowest BCUT2D eigenvalue weighted by Gasteiger charge is -2.20. The van der Waals surface area contributed by atoms with Gasteiger partial charge < -0.3 is 15.4 Å². The van der Waals surface area contributed by atoms with E-state index in [1.807, 2.05) is 0 Å². The number of carbonyl (C=O) groups excluding carboxylic acids is 1. The average Bonchev–Trinajstić information content (AvgIpc) is 3.08. The SMILES string of the molecule is COc1ccc([N+](=O)[O-])cc1C(=O)N1CC2CCC(N)C2C1.Cl. The van der Waals surface area contributed by atoms with Gasteiger partial charge in [-0.2, -0.15) is 0 Å². The number of ether oxygens (including phenoxy) is 1. The quantitative estimate of drug-likeness (QED) is 0.668. The first-order valence-electron chi connectivity index (χ1n) is 7.38. The standard InChI is InChI=1S/C15H19N3O4.ClH/c1-22-14-5-3-10(18(20)21)6-11(14)15(19)17-7-9-2-4-13(16)12(9)8-17;/h3,5-6,9,12-13H,2,4,7-8,16H2,1H3;1H. The normalized spacial score (nSPS) is 25.7. The third-order valence-corrected chi connectivity index (χ3v) is 4.82. The molecule has 0 spiro atoms. The molecule has 1 aliphatic heterocycles. The molecule has 3 rings (SSSR count). The van der Waals surface area contributed by atoms with Crippen molar-refractivity contribution in [2.75, 3.05) is 20.2 Å². The van der Waals surface area contributed by atoms with Gasteiger partial charge in [-0.25, -0.2) is 0 Å². The number of methoxy groups -OCH3 is 1. The van der Waals surface area contributed by atoms with Crippen LogP contribution < -0.4 is 10.5 Å². The van der Waals surface area contributed by atoms with Gasteiger partial charge in [-0.05, 0) is 30.7 Å². The maximum absolute atomic E-state index is 12.7. The van der Waals surface area contributed by atoms with Crippen LogP contribution in [0.4, 0.5) is 5.69 Å². The molecular formula is C15H20ClN3O4. The Morgan fingerprint density at radius 2 is 2.13 bits per heavy atom. The van der Waals surface area contributed by atoms with Crippen molar-refractivity contribution in [3.63, 3.8) is 0 Å². The topological polar surface area (TPSA) is 98.7 Å². The summed E-state index contributed by atoms with van der Waals surface area (Å²) in [6, 6.07) is 4.24. The Kier molecular flexibility index (Phi) is 5.11. The van der Waals surface area contributed by atoms with Gasteiger partial charge in [0.1, 0.15) is 5.75 Å². The zero-order valence-corrected chi connectivity index (χ0v) is 13.6. The molecule has 2 fully saturated rings. The number of benzene rings is 1. The summed E-state index contributed by atoms with van der Waals surface area (Å²) >= 11 is 0. The van der Waals surface area contributed by atoms with Gasteiger partial charge in [-0.3, -0.25) is 14.9 Å². The van der Waals surface area contributed by atoms with E-state index in [0.29, 0.717) is 30.7 Å². The lowest BCUT2D eigenvalue weighted by molar-refractivity contribution is -0.384. The number of hydrogen-bond acceptors (Lipinski definition) is 5. The summed E-state index contributed by atoms with van der Waals surface area (Å²) in [7, 11) is 1.45. The molecule has 1 heterocycles. The Labute approximate surface area is 140 Å². The lowest BCUT2D eigenvalue weighted by Crippen LogP contribution is -2.33. The van der Waals surface area contributed by atoms with Crippen LogP contribution in [0, 0.1) is 22.0 Å². The number of amides is 1. The fourth-order valence-corrected chi connectivity index (χ4v) is 3.62. The van der Waals surface area contributed by atoms with Gasteiger partial charge in [0.25, 0.3) is 11.6 Å². The molecular weight excluding hydrogens is 322 g/mol. The molecule has 3 unspecified atom stereocenters. The Hall–Kier alpha value is -1.86. The third-order valence-electron chi connectivity index (χ3n) is 4.82. The number of hydrogen-bond donors (Lipinski definition) is 1. The first-order valence-corrected chi connectivity index (χ1v) is 7.38. The molecule has 1 aliphatic carbocycles. The Balaban J connectivity index is 0.00000192. The van der Waals surface area contributed by atoms with Crippen LogP contribution in [0.1, 0.15) is 23.2 Å². The van der Waals surface area contributed by atoms with Gasteiger partial charge in [0.05, 0.1) is 17.6 Å². The molecule has 7 nitrogen and oxygen atoms in total. The summed E-state index contributed by atoms with van der Waals surface area (Å²) in [5.41, 5.74) is 6.22. The number of non-ortho nitro benzene ring substituents is 1. The maximum Gasteiger partial charge on any atom is 0.270 e. The van der Waals surface area contributed by atoms with Crippen LogP contribution in [0.15, 0.2) is 18.2 Å². The second-order valence-electron chi connectivity index (χ2n) is 6.02. The van der Waals surface area contributed by atoms with Crippen molar-refractivity contribution in [1.29, 1.82) is 0 Å². The van der Waals surface area contributed by atoms with E-state index in [2.05, 4.69) is 0 Å². The predicted octanol–water partition coefficient (Wildman–Crippen LogP) is 1.83. The van der Waals surface area contributed by atoms with Crippen LogP contribution in [-0.4, -0.2) is 42.0 Å². The van der Waals surface area contributed by atoms with Crippen LogP contribution in [-0.2, 0) is 0 Å². The Bertz CT molecular complexity index is 625. The van der Waals surface area contributed by atoms with E-state index in [9.17, 15) is 14.9 Å². The highest BCUT2D eigenvalue weighted by atomic mass is 35.5. The highest BCUT2D eigenvalue weighted by molar-refractivity contribution is 5.97. The molecule has 0 radical (unpaired) electrons.